The molecule has 106 valence electrons. The van der Waals surface area contributed by atoms with E-state index >= 15 is 0 Å². The topological polar surface area (TPSA) is 65.2 Å². The Morgan fingerprint density at radius 3 is 3.00 bits per heavy atom. The Balaban J connectivity index is 2.02. The van der Waals surface area contributed by atoms with Gasteiger partial charge in [0.1, 0.15) is 11.2 Å². The van der Waals surface area contributed by atoms with E-state index in [4.69, 9.17) is 9.15 Å². The second kappa shape index (κ2) is 5.65. The molecule has 0 aliphatic heterocycles. The van der Waals surface area contributed by atoms with Gasteiger partial charge in [-0.15, -0.1) is 0 Å². The number of halogens is 1. The van der Waals surface area contributed by atoms with Crippen LogP contribution in [0, 0.1) is 0 Å². The van der Waals surface area contributed by atoms with Crippen LogP contribution >= 0.6 is 15.9 Å². The largest absolute Gasteiger partial charge is 0.461 e. The standard InChI is InChI=1S/C15H11BrN2O3/c1-2-20-15(19)12-7-9(5-6-17-12)14-18-11-8-10(16)3-4-13(11)21-14/h3-8H,2H2,1H3. The van der Waals surface area contributed by atoms with Gasteiger partial charge in [0.2, 0.25) is 5.89 Å². The molecule has 2 aromatic heterocycles. The molecule has 0 aliphatic carbocycles. The lowest BCUT2D eigenvalue weighted by Gasteiger charge is -2.01. The Hall–Kier alpha value is -2.21. The van der Waals surface area contributed by atoms with Crippen molar-refractivity contribution in [2.45, 2.75) is 6.92 Å². The van der Waals surface area contributed by atoms with Gasteiger partial charge in [0.25, 0.3) is 0 Å². The van der Waals surface area contributed by atoms with Crippen molar-refractivity contribution in [3.8, 4) is 11.5 Å². The first kappa shape index (κ1) is 13.8. The predicted molar refractivity (Wildman–Crippen MR) is 80.9 cm³/mol. The average Bonchev–Trinajstić information content (AvgIpc) is 2.90. The van der Waals surface area contributed by atoms with Crippen LogP contribution in [-0.4, -0.2) is 22.5 Å². The predicted octanol–water partition coefficient (Wildman–Crippen LogP) is 3.83. The van der Waals surface area contributed by atoms with Gasteiger partial charge in [-0.2, -0.15) is 0 Å². The number of aromatic nitrogens is 2. The van der Waals surface area contributed by atoms with Crippen molar-refractivity contribution in [3.05, 3.63) is 46.7 Å². The van der Waals surface area contributed by atoms with E-state index < -0.39 is 5.97 Å². The van der Waals surface area contributed by atoms with Gasteiger partial charge in [-0.05, 0) is 37.3 Å². The van der Waals surface area contributed by atoms with E-state index in [0.29, 0.717) is 23.6 Å². The van der Waals surface area contributed by atoms with Crippen LogP contribution in [0.25, 0.3) is 22.6 Å². The Bertz CT molecular complexity index is 814. The first-order valence-corrected chi connectivity index (χ1v) is 7.16. The molecule has 0 saturated carbocycles. The summed E-state index contributed by atoms with van der Waals surface area (Å²) in [5.41, 5.74) is 2.34. The minimum atomic E-state index is -0.460. The van der Waals surface area contributed by atoms with Crippen LogP contribution in [0.4, 0.5) is 0 Å². The molecule has 3 rings (SSSR count). The van der Waals surface area contributed by atoms with Crippen LogP contribution in [0.3, 0.4) is 0 Å². The van der Waals surface area contributed by atoms with Crippen molar-refractivity contribution in [2.75, 3.05) is 6.61 Å². The maximum atomic E-state index is 11.7. The minimum Gasteiger partial charge on any atom is -0.461 e. The van der Waals surface area contributed by atoms with E-state index in [2.05, 4.69) is 25.9 Å². The van der Waals surface area contributed by atoms with Crippen molar-refractivity contribution in [3.63, 3.8) is 0 Å². The molecule has 21 heavy (non-hydrogen) atoms. The molecule has 0 radical (unpaired) electrons. The number of pyridine rings is 1. The molecule has 0 unspecified atom stereocenters. The second-order valence-electron chi connectivity index (χ2n) is 4.28. The van der Waals surface area contributed by atoms with E-state index in [1.807, 2.05) is 18.2 Å². The van der Waals surface area contributed by atoms with E-state index in [9.17, 15) is 4.79 Å². The second-order valence-corrected chi connectivity index (χ2v) is 5.20. The molecule has 0 saturated heterocycles. The number of hydrogen-bond acceptors (Lipinski definition) is 5. The first-order chi connectivity index (χ1) is 10.2. The molecule has 0 fully saturated rings. The average molecular weight is 347 g/mol. The highest BCUT2D eigenvalue weighted by Gasteiger charge is 2.13. The summed E-state index contributed by atoms with van der Waals surface area (Å²) in [6.07, 6.45) is 1.53. The fourth-order valence-corrected chi connectivity index (χ4v) is 2.25. The van der Waals surface area contributed by atoms with Crippen LogP contribution in [0.15, 0.2) is 45.4 Å². The number of esters is 1. The van der Waals surface area contributed by atoms with Gasteiger partial charge < -0.3 is 9.15 Å². The summed E-state index contributed by atoms with van der Waals surface area (Å²) in [6.45, 7) is 2.06. The SMILES string of the molecule is CCOC(=O)c1cc(-c2nc3cc(Br)ccc3o2)ccn1. The highest BCUT2D eigenvalue weighted by molar-refractivity contribution is 9.10. The minimum absolute atomic E-state index is 0.234. The normalized spacial score (nSPS) is 10.8. The molecule has 1 aromatic carbocycles. The van der Waals surface area contributed by atoms with Crippen LogP contribution in [0.1, 0.15) is 17.4 Å². The highest BCUT2D eigenvalue weighted by atomic mass is 79.9. The fourth-order valence-electron chi connectivity index (χ4n) is 1.90. The number of carbonyl (C=O) groups excluding carboxylic acids is 1. The number of carbonyl (C=O) groups is 1. The Labute approximate surface area is 129 Å². The maximum absolute atomic E-state index is 11.7. The Kier molecular flexibility index (Phi) is 3.70. The number of fused-ring (bicyclic) bond motifs is 1. The highest BCUT2D eigenvalue weighted by Crippen LogP contribution is 2.26. The fraction of sp³-hybridized carbons (Fsp3) is 0.133. The number of rotatable bonds is 3. The summed E-state index contributed by atoms with van der Waals surface area (Å²) in [7, 11) is 0. The monoisotopic (exact) mass is 346 g/mol. The van der Waals surface area contributed by atoms with Gasteiger partial charge in [-0.25, -0.2) is 14.8 Å². The van der Waals surface area contributed by atoms with Crippen LogP contribution in [0.5, 0.6) is 0 Å². The summed E-state index contributed by atoms with van der Waals surface area (Å²) in [6, 6.07) is 8.94. The number of ether oxygens (including phenoxy) is 1. The summed E-state index contributed by atoms with van der Waals surface area (Å²) in [4.78, 5) is 20.1. The molecule has 5 nitrogen and oxygen atoms in total. The molecule has 0 aliphatic rings. The zero-order valence-corrected chi connectivity index (χ0v) is 12.8. The van der Waals surface area contributed by atoms with Gasteiger partial charge in [0.15, 0.2) is 5.58 Å². The van der Waals surface area contributed by atoms with Crippen molar-refractivity contribution < 1.29 is 13.9 Å². The first-order valence-electron chi connectivity index (χ1n) is 6.37. The molecule has 6 heteroatoms. The number of hydrogen-bond donors (Lipinski definition) is 0. The van der Waals surface area contributed by atoms with Gasteiger partial charge in [0, 0.05) is 16.2 Å². The molecule has 0 atom stereocenters. The number of nitrogens with zero attached hydrogens (tertiary/aromatic N) is 2. The van der Waals surface area contributed by atoms with Gasteiger partial charge in [-0.3, -0.25) is 0 Å². The van der Waals surface area contributed by atoms with Crippen molar-refractivity contribution in [2.24, 2.45) is 0 Å². The molecule has 3 aromatic rings. The number of benzene rings is 1. The number of oxazole rings is 1. The van der Waals surface area contributed by atoms with E-state index in [-0.39, 0.29) is 5.69 Å². The molecular formula is C15H11BrN2O3. The third-order valence-corrected chi connectivity index (χ3v) is 3.33. The zero-order valence-electron chi connectivity index (χ0n) is 11.2. The lowest BCUT2D eigenvalue weighted by Crippen LogP contribution is -2.06. The van der Waals surface area contributed by atoms with Crippen LogP contribution in [0.2, 0.25) is 0 Å². The summed E-state index contributed by atoms with van der Waals surface area (Å²) in [5, 5.41) is 0. The van der Waals surface area contributed by atoms with Crippen molar-refractivity contribution in [1.82, 2.24) is 9.97 Å². The van der Waals surface area contributed by atoms with Crippen molar-refractivity contribution >= 4 is 33.0 Å². The van der Waals surface area contributed by atoms with Gasteiger partial charge >= 0.3 is 5.97 Å². The van der Waals surface area contributed by atoms with Crippen molar-refractivity contribution in [1.29, 1.82) is 0 Å². The van der Waals surface area contributed by atoms with E-state index in [0.717, 1.165) is 9.99 Å². The third-order valence-electron chi connectivity index (χ3n) is 2.84. The molecule has 2 heterocycles. The Morgan fingerprint density at radius 1 is 1.33 bits per heavy atom. The smallest absolute Gasteiger partial charge is 0.356 e. The summed E-state index contributed by atoms with van der Waals surface area (Å²) < 4.78 is 11.6. The lowest BCUT2D eigenvalue weighted by atomic mass is 10.2. The molecule has 0 N–H and O–H groups in total. The van der Waals surface area contributed by atoms with Crippen LogP contribution < -0.4 is 0 Å². The molecule has 0 spiro atoms. The van der Waals surface area contributed by atoms with E-state index in [1.165, 1.54) is 6.20 Å². The Morgan fingerprint density at radius 2 is 2.19 bits per heavy atom. The van der Waals surface area contributed by atoms with Gasteiger partial charge in [0.05, 0.1) is 6.61 Å². The molecular weight excluding hydrogens is 336 g/mol. The maximum Gasteiger partial charge on any atom is 0.356 e. The van der Waals surface area contributed by atoms with Gasteiger partial charge in [-0.1, -0.05) is 15.9 Å². The zero-order chi connectivity index (χ0) is 14.8. The summed E-state index contributed by atoms with van der Waals surface area (Å²) in [5.74, 6) is -0.0192. The third kappa shape index (κ3) is 2.80. The van der Waals surface area contributed by atoms with Crippen LogP contribution in [-0.2, 0) is 4.74 Å². The van der Waals surface area contributed by atoms with E-state index in [1.54, 1.807) is 19.1 Å². The summed E-state index contributed by atoms with van der Waals surface area (Å²) >= 11 is 3.39. The molecule has 0 amide bonds. The lowest BCUT2D eigenvalue weighted by molar-refractivity contribution is 0.0519. The molecule has 0 bridgehead atoms. The quantitative estimate of drug-likeness (QED) is 0.674.